The molecule has 0 aliphatic carbocycles. The number of hydrogen-bond acceptors (Lipinski definition) is 1. The predicted octanol–water partition coefficient (Wildman–Crippen LogP) is 4.75. The van der Waals surface area contributed by atoms with Crippen LogP contribution in [-0.4, -0.2) is 0 Å². The Balaban J connectivity index is 3.43. The van der Waals surface area contributed by atoms with Crippen molar-refractivity contribution in [3.63, 3.8) is 0 Å². The summed E-state index contributed by atoms with van der Waals surface area (Å²) in [6, 6.07) is 7.92. The summed E-state index contributed by atoms with van der Waals surface area (Å²) in [4.78, 5) is 0. The highest BCUT2D eigenvalue weighted by Gasteiger charge is 2.05. The second kappa shape index (κ2) is 6.65. The van der Waals surface area contributed by atoms with Gasteiger partial charge in [0, 0.05) is 5.69 Å². The first kappa shape index (κ1) is 14.0. The third kappa shape index (κ3) is 3.49. The second-order valence-corrected chi connectivity index (χ2v) is 4.23. The first-order valence-electron chi connectivity index (χ1n) is 6.11. The SMILES string of the molecule is C=C(C)C(/C=C\C)=C(\C=CC)c1ccc(N)cc1. The maximum absolute atomic E-state index is 5.73. The summed E-state index contributed by atoms with van der Waals surface area (Å²) >= 11 is 0. The van der Waals surface area contributed by atoms with Crippen molar-refractivity contribution < 1.29 is 0 Å². The average molecular weight is 239 g/mol. The van der Waals surface area contributed by atoms with Crippen molar-refractivity contribution in [1.29, 1.82) is 0 Å². The fraction of sp³-hybridized carbons (Fsp3) is 0.176. The molecule has 0 atom stereocenters. The Morgan fingerprint density at radius 1 is 1.06 bits per heavy atom. The van der Waals surface area contributed by atoms with Gasteiger partial charge in [-0.3, -0.25) is 0 Å². The topological polar surface area (TPSA) is 26.0 Å². The van der Waals surface area contributed by atoms with E-state index in [0.717, 1.165) is 22.4 Å². The van der Waals surface area contributed by atoms with Gasteiger partial charge in [-0.1, -0.05) is 48.6 Å². The fourth-order valence-corrected chi connectivity index (χ4v) is 1.80. The Kier molecular flexibility index (Phi) is 5.19. The van der Waals surface area contributed by atoms with Crippen LogP contribution in [0.2, 0.25) is 0 Å². The second-order valence-electron chi connectivity index (χ2n) is 4.23. The maximum Gasteiger partial charge on any atom is 0.0314 e. The Bertz CT molecular complexity index is 499. The highest BCUT2D eigenvalue weighted by atomic mass is 14.5. The van der Waals surface area contributed by atoms with Gasteiger partial charge in [0.05, 0.1) is 0 Å². The van der Waals surface area contributed by atoms with E-state index >= 15 is 0 Å². The number of nitrogens with two attached hydrogens (primary N) is 1. The smallest absolute Gasteiger partial charge is 0.0314 e. The van der Waals surface area contributed by atoms with E-state index in [1.54, 1.807) is 0 Å². The van der Waals surface area contributed by atoms with E-state index in [2.05, 4.69) is 18.7 Å². The van der Waals surface area contributed by atoms with Gasteiger partial charge in [0.25, 0.3) is 0 Å². The van der Waals surface area contributed by atoms with Crippen LogP contribution in [0.25, 0.3) is 5.57 Å². The van der Waals surface area contributed by atoms with E-state index in [0.29, 0.717) is 0 Å². The number of nitrogen functional groups attached to an aromatic ring is 1. The third-order valence-electron chi connectivity index (χ3n) is 2.64. The van der Waals surface area contributed by atoms with E-state index in [9.17, 15) is 0 Å². The van der Waals surface area contributed by atoms with Gasteiger partial charge in [-0.05, 0) is 49.6 Å². The lowest BCUT2D eigenvalue weighted by Crippen LogP contribution is -1.91. The zero-order valence-electron chi connectivity index (χ0n) is 11.4. The summed E-state index contributed by atoms with van der Waals surface area (Å²) in [5.41, 5.74) is 11.0. The molecule has 94 valence electrons. The van der Waals surface area contributed by atoms with Crippen LogP contribution in [-0.2, 0) is 0 Å². The maximum atomic E-state index is 5.73. The monoisotopic (exact) mass is 239 g/mol. The molecule has 0 bridgehead atoms. The summed E-state index contributed by atoms with van der Waals surface area (Å²) in [7, 11) is 0. The van der Waals surface area contributed by atoms with Gasteiger partial charge >= 0.3 is 0 Å². The molecular weight excluding hydrogens is 218 g/mol. The predicted molar refractivity (Wildman–Crippen MR) is 82.2 cm³/mol. The van der Waals surface area contributed by atoms with Crippen LogP contribution in [0, 0.1) is 0 Å². The van der Waals surface area contributed by atoms with Gasteiger partial charge in [0.15, 0.2) is 0 Å². The van der Waals surface area contributed by atoms with Gasteiger partial charge in [0.1, 0.15) is 0 Å². The molecule has 0 aliphatic heterocycles. The van der Waals surface area contributed by atoms with E-state index in [1.807, 2.05) is 57.2 Å². The van der Waals surface area contributed by atoms with Crippen molar-refractivity contribution >= 4 is 11.3 Å². The minimum absolute atomic E-state index is 0.779. The average Bonchev–Trinajstić information content (AvgIpc) is 2.34. The summed E-state index contributed by atoms with van der Waals surface area (Å²) in [6.45, 7) is 10.1. The van der Waals surface area contributed by atoms with Crippen LogP contribution in [0.4, 0.5) is 5.69 Å². The molecule has 0 heterocycles. The zero-order valence-corrected chi connectivity index (χ0v) is 11.4. The van der Waals surface area contributed by atoms with Crippen LogP contribution in [0.3, 0.4) is 0 Å². The normalized spacial score (nSPS) is 13.1. The van der Waals surface area contributed by atoms with Crippen LogP contribution in [0.1, 0.15) is 26.3 Å². The van der Waals surface area contributed by atoms with E-state index in [4.69, 9.17) is 5.73 Å². The van der Waals surface area contributed by atoms with Crippen molar-refractivity contribution in [3.8, 4) is 0 Å². The van der Waals surface area contributed by atoms with E-state index in [1.165, 1.54) is 5.57 Å². The molecular formula is C17H21N. The number of rotatable bonds is 4. The van der Waals surface area contributed by atoms with E-state index < -0.39 is 0 Å². The van der Waals surface area contributed by atoms with E-state index in [-0.39, 0.29) is 0 Å². The molecule has 1 heteroatoms. The molecule has 1 rings (SSSR count). The lowest BCUT2D eigenvalue weighted by atomic mass is 9.95. The highest BCUT2D eigenvalue weighted by Crippen LogP contribution is 2.26. The summed E-state index contributed by atoms with van der Waals surface area (Å²) in [5.74, 6) is 0. The molecule has 0 saturated carbocycles. The lowest BCUT2D eigenvalue weighted by molar-refractivity contribution is 1.43. The molecule has 1 aromatic carbocycles. The molecule has 0 aliphatic rings. The molecule has 1 aromatic rings. The van der Waals surface area contributed by atoms with Gasteiger partial charge in [-0.15, -0.1) is 0 Å². The molecule has 0 spiro atoms. The van der Waals surface area contributed by atoms with Crippen molar-refractivity contribution in [2.24, 2.45) is 0 Å². The summed E-state index contributed by atoms with van der Waals surface area (Å²) in [6.07, 6.45) is 8.27. The molecule has 18 heavy (non-hydrogen) atoms. The number of anilines is 1. The Labute approximate surface area is 110 Å². The molecule has 1 nitrogen and oxygen atoms in total. The Hall–Kier alpha value is -2.02. The fourth-order valence-electron chi connectivity index (χ4n) is 1.80. The molecule has 0 saturated heterocycles. The van der Waals surface area contributed by atoms with Crippen molar-refractivity contribution in [2.45, 2.75) is 20.8 Å². The van der Waals surface area contributed by atoms with Crippen LogP contribution >= 0.6 is 0 Å². The zero-order chi connectivity index (χ0) is 13.5. The number of benzene rings is 1. The van der Waals surface area contributed by atoms with Gasteiger partial charge < -0.3 is 5.73 Å². The molecule has 2 N–H and O–H groups in total. The third-order valence-corrected chi connectivity index (χ3v) is 2.64. The van der Waals surface area contributed by atoms with Crippen molar-refractivity contribution in [2.75, 3.05) is 5.73 Å². The Morgan fingerprint density at radius 3 is 2.06 bits per heavy atom. The van der Waals surface area contributed by atoms with Crippen molar-refractivity contribution in [3.05, 3.63) is 71.9 Å². The quantitative estimate of drug-likeness (QED) is 0.595. The van der Waals surface area contributed by atoms with Crippen LogP contribution in [0.15, 0.2) is 66.3 Å². The van der Waals surface area contributed by atoms with Gasteiger partial charge in [-0.25, -0.2) is 0 Å². The molecule has 0 amide bonds. The minimum atomic E-state index is 0.779. The molecule has 0 fully saturated rings. The minimum Gasteiger partial charge on any atom is -0.399 e. The Morgan fingerprint density at radius 2 is 1.61 bits per heavy atom. The lowest BCUT2D eigenvalue weighted by Gasteiger charge is -2.10. The van der Waals surface area contributed by atoms with Crippen LogP contribution < -0.4 is 5.73 Å². The van der Waals surface area contributed by atoms with Gasteiger partial charge in [0.2, 0.25) is 0 Å². The molecule has 0 radical (unpaired) electrons. The molecule has 0 aromatic heterocycles. The number of allylic oxidation sites excluding steroid dienone is 7. The highest BCUT2D eigenvalue weighted by molar-refractivity contribution is 5.81. The molecule has 0 unspecified atom stereocenters. The summed E-state index contributed by atoms with van der Waals surface area (Å²) in [5, 5.41) is 0. The van der Waals surface area contributed by atoms with Gasteiger partial charge in [-0.2, -0.15) is 0 Å². The first-order valence-corrected chi connectivity index (χ1v) is 6.11. The first-order chi connectivity index (χ1) is 8.60. The van der Waals surface area contributed by atoms with Crippen LogP contribution in [0.5, 0.6) is 0 Å². The standard InChI is InChI=1S/C17H21N/c1-5-7-16(13(3)4)17(8-6-2)14-9-11-15(18)12-10-14/h5-12H,3,18H2,1-2,4H3/b7-5-,8-6?,17-16+. The number of hydrogen-bond donors (Lipinski definition) is 1. The summed E-state index contributed by atoms with van der Waals surface area (Å²) < 4.78 is 0. The largest absolute Gasteiger partial charge is 0.399 e. The van der Waals surface area contributed by atoms with Crippen molar-refractivity contribution in [1.82, 2.24) is 0 Å².